The van der Waals surface area contributed by atoms with E-state index in [1.54, 1.807) is 0 Å². The summed E-state index contributed by atoms with van der Waals surface area (Å²) in [5, 5.41) is 2.53. The van der Waals surface area contributed by atoms with Gasteiger partial charge in [-0.3, -0.25) is 0 Å². The summed E-state index contributed by atoms with van der Waals surface area (Å²) in [6, 6.07) is 19.3. The predicted molar refractivity (Wildman–Crippen MR) is 97.1 cm³/mol. The molecule has 23 heavy (non-hydrogen) atoms. The zero-order valence-electron chi connectivity index (χ0n) is 13.4. The normalized spacial score (nSPS) is 11.7. The van der Waals surface area contributed by atoms with E-state index in [1.807, 2.05) is 0 Å². The Balaban J connectivity index is 1.78. The summed E-state index contributed by atoms with van der Waals surface area (Å²) in [5.41, 5.74) is 6.11. The van der Waals surface area contributed by atoms with E-state index >= 15 is 0 Å². The van der Waals surface area contributed by atoms with Gasteiger partial charge in [0.05, 0.1) is 0 Å². The number of aromatic nitrogens is 2. The van der Waals surface area contributed by atoms with Crippen molar-refractivity contribution in [1.82, 2.24) is 4.98 Å². The molecule has 4 rings (SSSR count). The monoisotopic (exact) mass is 299 g/mol. The van der Waals surface area contributed by atoms with Crippen molar-refractivity contribution < 1.29 is 4.57 Å². The van der Waals surface area contributed by atoms with E-state index in [0.717, 1.165) is 0 Å². The first-order chi connectivity index (χ1) is 11.2. The van der Waals surface area contributed by atoms with E-state index in [2.05, 4.69) is 96.5 Å². The molecule has 0 radical (unpaired) electrons. The number of aromatic amines is 1. The lowest BCUT2D eigenvalue weighted by molar-refractivity contribution is -0.646. The molecule has 112 valence electrons. The molecule has 4 aromatic rings. The summed E-state index contributed by atoms with van der Waals surface area (Å²) in [5.74, 6) is 0. The van der Waals surface area contributed by atoms with Crippen LogP contribution in [0.5, 0.6) is 0 Å². The Morgan fingerprint density at radius 3 is 2.74 bits per heavy atom. The van der Waals surface area contributed by atoms with Crippen molar-refractivity contribution in [3.05, 3.63) is 77.6 Å². The number of rotatable bonds is 2. The minimum Gasteiger partial charge on any atom is -0.361 e. The Kier molecular flexibility index (Phi) is 3.23. The largest absolute Gasteiger partial charge is 0.361 e. The summed E-state index contributed by atoms with van der Waals surface area (Å²) < 4.78 is 2.24. The first kappa shape index (κ1) is 13.8. The van der Waals surface area contributed by atoms with Gasteiger partial charge in [0.1, 0.15) is 7.05 Å². The highest BCUT2D eigenvalue weighted by Gasteiger charge is 2.09. The minimum atomic E-state index is 1.17. The van der Waals surface area contributed by atoms with Crippen LogP contribution in [0.4, 0.5) is 0 Å². The lowest BCUT2D eigenvalue weighted by atomic mass is 10.1. The van der Waals surface area contributed by atoms with Crippen LogP contribution in [0.2, 0.25) is 0 Å². The number of H-pyrrole nitrogens is 1. The highest BCUT2D eigenvalue weighted by Crippen LogP contribution is 2.20. The molecule has 0 aliphatic heterocycles. The Labute approximate surface area is 135 Å². The molecule has 2 aromatic heterocycles. The van der Waals surface area contributed by atoms with Gasteiger partial charge in [0.15, 0.2) is 0 Å². The summed E-state index contributed by atoms with van der Waals surface area (Å²) in [4.78, 5) is 3.32. The summed E-state index contributed by atoms with van der Waals surface area (Å²) >= 11 is 0. The molecule has 0 aliphatic rings. The highest BCUT2D eigenvalue weighted by atomic mass is 14.9. The predicted octanol–water partition coefficient (Wildman–Crippen LogP) is 4.62. The number of aryl methyl sites for hydroxylation is 2. The zero-order valence-corrected chi connectivity index (χ0v) is 13.4. The van der Waals surface area contributed by atoms with Crippen molar-refractivity contribution in [3.63, 3.8) is 0 Å². The number of hydrogen-bond acceptors (Lipinski definition) is 0. The third-order valence-corrected chi connectivity index (χ3v) is 4.42. The van der Waals surface area contributed by atoms with Crippen LogP contribution in [0.15, 0.2) is 60.8 Å². The van der Waals surface area contributed by atoms with Gasteiger partial charge >= 0.3 is 0 Å². The van der Waals surface area contributed by atoms with Gasteiger partial charge in [-0.15, -0.1) is 0 Å². The van der Waals surface area contributed by atoms with E-state index in [4.69, 9.17) is 0 Å². The molecule has 0 unspecified atom stereocenters. The first-order valence-electron chi connectivity index (χ1n) is 7.86. The molecular formula is C21H19N2+. The lowest BCUT2D eigenvalue weighted by Gasteiger charge is -2.01. The molecule has 1 N–H and O–H groups in total. The van der Waals surface area contributed by atoms with E-state index in [1.165, 1.54) is 38.6 Å². The van der Waals surface area contributed by atoms with Crippen molar-refractivity contribution in [2.75, 3.05) is 0 Å². The van der Waals surface area contributed by atoms with Crippen LogP contribution in [-0.4, -0.2) is 4.98 Å². The van der Waals surface area contributed by atoms with Gasteiger partial charge < -0.3 is 4.98 Å². The number of nitrogens with zero attached hydrogens (tertiary/aromatic N) is 1. The first-order valence-corrected chi connectivity index (χ1v) is 7.86. The molecule has 0 spiro atoms. The number of para-hydroxylation sites is 1. The third kappa shape index (κ3) is 2.42. The molecule has 0 aliphatic carbocycles. The average molecular weight is 299 g/mol. The second-order valence-electron chi connectivity index (χ2n) is 6.00. The van der Waals surface area contributed by atoms with E-state index in [9.17, 15) is 0 Å². The lowest BCUT2D eigenvalue weighted by Crippen LogP contribution is -2.32. The maximum Gasteiger partial charge on any atom is 0.212 e. The Morgan fingerprint density at radius 1 is 0.957 bits per heavy atom. The quantitative estimate of drug-likeness (QED) is 0.521. The van der Waals surface area contributed by atoms with Gasteiger partial charge in [-0.25, -0.2) is 0 Å². The molecule has 0 saturated heterocycles. The fourth-order valence-corrected chi connectivity index (χ4v) is 3.11. The van der Waals surface area contributed by atoms with Gasteiger partial charge in [0.2, 0.25) is 11.2 Å². The van der Waals surface area contributed by atoms with Crippen LogP contribution in [0, 0.1) is 6.92 Å². The van der Waals surface area contributed by atoms with Crippen molar-refractivity contribution in [2.24, 2.45) is 7.05 Å². The maximum absolute atomic E-state index is 3.32. The van der Waals surface area contributed by atoms with Crippen molar-refractivity contribution in [3.8, 4) is 0 Å². The molecule has 0 bridgehead atoms. The molecule has 0 fully saturated rings. The number of benzene rings is 2. The summed E-state index contributed by atoms with van der Waals surface area (Å²) in [6.07, 6.45) is 6.41. The summed E-state index contributed by atoms with van der Waals surface area (Å²) in [7, 11) is 2.12. The van der Waals surface area contributed by atoms with Crippen LogP contribution >= 0.6 is 0 Å². The highest BCUT2D eigenvalue weighted by molar-refractivity contribution is 5.91. The fraction of sp³-hybridized carbons (Fsp3) is 0.0952. The van der Waals surface area contributed by atoms with Gasteiger partial charge in [0.25, 0.3) is 0 Å². The summed E-state index contributed by atoms with van der Waals surface area (Å²) in [6.45, 7) is 2.13. The standard InChI is InChI=1S/C21H18N2/c1-15-7-12-21-16(13-15)8-10-18(23(21)2)11-9-17-14-22-20-6-4-3-5-19(17)20/h3-14H,1-2H3/p+1. The van der Waals surface area contributed by atoms with Crippen LogP contribution in [0.1, 0.15) is 16.8 Å². The minimum absolute atomic E-state index is 1.17. The second kappa shape index (κ2) is 5.40. The smallest absolute Gasteiger partial charge is 0.212 e. The van der Waals surface area contributed by atoms with Gasteiger partial charge in [0, 0.05) is 40.7 Å². The van der Waals surface area contributed by atoms with Crippen LogP contribution in [0.3, 0.4) is 0 Å². The SMILES string of the molecule is Cc1ccc2c(ccc(C=Cc3c[nH]c4ccccc34)[n+]2C)c1. The zero-order chi connectivity index (χ0) is 15.8. The molecule has 0 atom stereocenters. The number of nitrogens with one attached hydrogen (secondary N) is 1. The van der Waals surface area contributed by atoms with E-state index in [-0.39, 0.29) is 0 Å². The fourth-order valence-electron chi connectivity index (χ4n) is 3.11. The van der Waals surface area contributed by atoms with Crippen LogP contribution in [0.25, 0.3) is 34.0 Å². The van der Waals surface area contributed by atoms with Gasteiger partial charge in [-0.1, -0.05) is 29.8 Å². The number of hydrogen-bond donors (Lipinski definition) is 1. The topological polar surface area (TPSA) is 19.7 Å². The van der Waals surface area contributed by atoms with Crippen molar-refractivity contribution in [1.29, 1.82) is 0 Å². The van der Waals surface area contributed by atoms with Gasteiger partial charge in [-0.05, 0) is 36.8 Å². The number of fused-ring (bicyclic) bond motifs is 2. The molecule has 2 nitrogen and oxygen atoms in total. The Bertz CT molecular complexity index is 1040. The van der Waals surface area contributed by atoms with Crippen LogP contribution in [-0.2, 0) is 7.05 Å². The number of pyridine rings is 1. The molecule has 2 aromatic carbocycles. The van der Waals surface area contributed by atoms with Crippen molar-refractivity contribution >= 4 is 34.0 Å². The second-order valence-corrected chi connectivity index (χ2v) is 6.00. The Hall–Kier alpha value is -2.87. The maximum atomic E-state index is 3.32. The van der Waals surface area contributed by atoms with Crippen molar-refractivity contribution in [2.45, 2.75) is 6.92 Å². The van der Waals surface area contributed by atoms with Gasteiger partial charge in [-0.2, -0.15) is 4.57 Å². The van der Waals surface area contributed by atoms with Crippen LogP contribution < -0.4 is 4.57 Å². The molecular weight excluding hydrogens is 280 g/mol. The Morgan fingerprint density at radius 2 is 1.83 bits per heavy atom. The molecule has 2 heterocycles. The third-order valence-electron chi connectivity index (χ3n) is 4.42. The van der Waals surface area contributed by atoms with E-state index < -0.39 is 0 Å². The molecule has 0 saturated carbocycles. The molecule has 0 amide bonds. The van der Waals surface area contributed by atoms with E-state index in [0.29, 0.717) is 0 Å². The molecule has 2 heteroatoms. The average Bonchev–Trinajstić information content (AvgIpc) is 2.97.